The van der Waals surface area contributed by atoms with Crippen molar-refractivity contribution in [1.29, 1.82) is 0 Å². The van der Waals surface area contributed by atoms with Gasteiger partial charge in [0.05, 0.1) is 0 Å². The molecular formula is C9H20N2O. The van der Waals surface area contributed by atoms with Crippen LogP contribution in [0.4, 0.5) is 0 Å². The molecule has 1 aliphatic heterocycles. The van der Waals surface area contributed by atoms with Crippen LogP contribution in [0.5, 0.6) is 0 Å². The number of nitrogens with one attached hydrogen (secondary N) is 1. The number of likely N-dealkylation sites (N-methyl/N-ethyl adjacent to an activating group) is 1. The molecule has 3 nitrogen and oxygen atoms in total. The molecule has 72 valence electrons. The van der Waals surface area contributed by atoms with Crippen LogP contribution < -0.4 is 11.1 Å². The van der Waals surface area contributed by atoms with E-state index in [0.29, 0.717) is 12.0 Å². The molecule has 12 heavy (non-hydrogen) atoms. The Kier molecular flexibility index (Phi) is 4.58. The zero-order chi connectivity index (χ0) is 8.81. The first-order chi connectivity index (χ1) is 5.83. The number of ether oxygens (including phenoxy) is 1. The SMILES string of the molecule is CNC[C@@H](N)C[C@@H]1CCCOC1. The van der Waals surface area contributed by atoms with Gasteiger partial charge in [0.25, 0.3) is 0 Å². The standard InChI is InChI=1S/C9H20N2O/c1-11-6-9(10)5-8-3-2-4-12-7-8/h8-9,11H,2-7,10H2,1H3/t8-,9-/m0/s1. The predicted molar refractivity (Wildman–Crippen MR) is 50.1 cm³/mol. The topological polar surface area (TPSA) is 47.3 Å². The molecular weight excluding hydrogens is 152 g/mol. The molecule has 0 aromatic heterocycles. The molecule has 1 heterocycles. The van der Waals surface area contributed by atoms with Crippen molar-refractivity contribution in [3.05, 3.63) is 0 Å². The van der Waals surface area contributed by atoms with Gasteiger partial charge in [-0.2, -0.15) is 0 Å². The molecule has 3 heteroatoms. The second-order valence-electron chi connectivity index (χ2n) is 3.64. The first kappa shape index (κ1) is 9.96. The second-order valence-corrected chi connectivity index (χ2v) is 3.64. The lowest BCUT2D eigenvalue weighted by atomic mass is 9.95. The number of rotatable bonds is 4. The minimum atomic E-state index is 0.293. The maximum Gasteiger partial charge on any atom is 0.0494 e. The Morgan fingerprint density at radius 1 is 1.67 bits per heavy atom. The summed E-state index contributed by atoms with van der Waals surface area (Å²) in [6, 6.07) is 0.293. The molecule has 0 aromatic carbocycles. The van der Waals surface area contributed by atoms with Crippen LogP contribution in [0.1, 0.15) is 19.3 Å². The Bertz CT molecular complexity index is 113. The highest BCUT2D eigenvalue weighted by Crippen LogP contribution is 2.17. The summed E-state index contributed by atoms with van der Waals surface area (Å²) in [5.41, 5.74) is 5.90. The Hall–Kier alpha value is -0.120. The highest BCUT2D eigenvalue weighted by atomic mass is 16.5. The second kappa shape index (κ2) is 5.51. The molecule has 0 unspecified atom stereocenters. The summed E-state index contributed by atoms with van der Waals surface area (Å²) in [4.78, 5) is 0. The van der Waals surface area contributed by atoms with E-state index in [1.807, 2.05) is 7.05 Å². The van der Waals surface area contributed by atoms with Gasteiger partial charge in [-0.25, -0.2) is 0 Å². The highest BCUT2D eigenvalue weighted by molar-refractivity contribution is 4.71. The molecule has 1 saturated heterocycles. The summed E-state index contributed by atoms with van der Waals surface area (Å²) < 4.78 is 5.39. The minimum Gasteiger partial charge on any atom is -0.381 e. The van der Waals surface area contributed by atoms with E-state index < -0.39 is 0 Å². The van der Waals surface area contributed by atoms with Crippen molar-refractivity contribution in [2.75, 3.05) is 26.8 Å². The van der Waals surface area contributed by atoms with Crippen molar-refractivity contribution in [3.63, 3.8) is 0 Å². The van der Waals surface area contributed by atoms with Crippen LogP contribution in [-0.2, 0) is 4.74 Å². The quantitative estimate of drug-likeness (QED) is 0.643. The lowest BCUT2D eigenvalue weighted by Gasteiger charge is -2.24. The third-order valence-corrected chi connectivity index (χ3v) is 2.36. The van der Waals surface area contributed by atoms with E-state index >= 15 is 0 Å². The Morgan fingerprint density at radius 3 is 3.08 bits per heavy atom. The lowest BCUT2D eigenvalue weighted by Crippen LogP contribution is -2.35. The van der Waals surface area contributed by atoms with Crippen LogP contribution in [-0.4, -0.2) is 32.8 Å². The molecule has 0 aromatic rings. The van der Waals surface area contributed by atoms with Gasteiger partial charge >= 0.3 is 0 Å². The van der Waals surface area contributed by atoms with Crippen LogP contribution in [0.25, 0.3) is 0 Å². The van der Waals surface area contributed by atoms with Gasteiger partial charge in [-0.05, 0) is 32.2 Å². The van der Waals surface area contributed by atoms with Gasteiger partial charge in [0.1, 0.15) is 0 Å². The van der Waals surface area contributed by atoms with Gasteiger partial charge in [-0.3, -0.25) is 0 Å². The summed E-state index contributed by atoms with van der Waals surface area (Å²) in [6.07, 6.45) is 3.59. The highest BCUT2D eigenvalue weighted by Gasteiger charge is 2.16. The fraction of sp³-hybridized carbons (Fsp3) is 1.00. The van der Waals surface area contributed by atoms with E-state index in [1.54, 1.807) is 0 Å². The van der Waals surface area contributed by atoms with Crippen molar-refractivity contribution >= 4 is 0 Å². The van der Waals surface area contributed by atoms with Crippen LogP contribution >= 0.6 is 0 Å². The van der Waals surface area contributed by atoms with Crippen LogP contribution in [0.2, 0.25) is 0 Å². The molecule has 0 aliphatic carbocycles. The third kappa shape index (κ3) is 3.52. The molecule has 0 amide bonds. The van der Waals surface area contributed by atoms with E-state index in [4.69, 9.17) is 10.5 Å². The Morgan fingerprint density at radius 2 is 2.50 bits per heavy atom. The lowest BCUT2D eigenvalue weighted by molar-refractivity contribution is 0.0492. The molecule has 1 rings (SSSR count). The summed E-state index contributed by atoms with van der Waals surface area (Å²) >= 11 is 0. The summed E-state index contributed by atoms with van der Waals surface area (Å²) in [7, 11) is 1.94. The Labute approximate surface area is 74.7 Å². The summed E-state index contributed by atoms with van der Waals surface area (Å²) in [5.74, 6) is 0.696. The molecule has 0 bridgehead atoms. The summed E-state index contributed by atoms with van der Waals surface area (Å²) in [6.45, 7) is 2.77. The largest absolute Gasteiger partial charge is 0.381 e. The van der Waals surface area contributed by atoms with E-state index in [9.17, 15) is 0 Å². The van der Waals surface area contributed by atoms with Crippen molar-refractivity contribution in [3.8, 4) is 0 Å². The molecule has 3 N–H and O–H groups in total. The third-order valence-electron chi connectivity index (χ3n) is 2.36. The molecule has 1 aliphatic rings. The fourth-order valence-corrected chi connectivity index (χ4v) is 1.77. The van der Waals surface area contributed by atoms with Gasteiger partial charge in [0.15, 0.2) is 0 Å². The van der Waals surface area contributed by atoms with E-state index in [0.717, 1.165) is 26.2 Å². The van der Waals surface area contributed by atoms with Gasteiger partial charge < -0.3 is 15.8 Å². The average molecular weight is 172 g/mol. The van der Waals surface area contributed by atoms with Crippen molar-refractivity contribution in [2.24, 2.45) is 11.7 Å². The van der Waals surface area contributed by atoms with Crippen molar-refractivity contribution in [2.45, 2.75) is 25.3 Å². The van der Waals surface area contributed by atoms with Crippen LogP contribution in [0, 0.1) is 5.92 Å². The molecule has 0 spiro atoms. The number of nitrogens with two attached hydrogens (primary N) is 1. The summed E-state index contributed by atoms with van der Waals surface area (Å²) in [5, 5.41) is 3.09. The van der Waals surface area contributed by atoms with Crippen molar-refractivity contribution in [1.82, 2.24) is 5.32 Å². The first-order valence-electron chi connectivity index (χ1n) is 4.81. The van der Waals surface area contributed by atoms with Gasteiger partial charge in [0.2, 0.25) is 0 Å². The maximum absolute atomic E-state index is 5.90. The smallest absolute Gasteiger partial charge is 0.0494 e. The number of hydrogen-bond donors (Lipinski definition) is 2. The molecule has 2 atom stereocenters. The first-order valence-corrected chi connectivity index (χ1v) is 4.81. The van der Waals surface area contributed by atoms with Crippen LogP contribution in [0.15, 0.2) is 0 Å². The Balaban J connectivity index is 2.11. The number of hydrogen-bond acceptors (Lipinski definition) is 3. The average Bonchev–Trinajstić information content (AvgIpc) is 2.06. The predicted octanol–water partition coefficient (Wildman–Crippen LogP) is 0.350. The van der Waals surface area contributed by atoms with Gasteiger partial charge in [0, 0.05) is 25.8 Å². The fourth-order valence-electron chi connectivity index (χ4n) is 1.77. The van der Waals surface area contributed by atoms with E-state index in [-0.39, 0.29) is 0 Å². The van der Waals surface area contributed by atoms with Crippen LogP contribution in [0.3, 0.4) is 0 Å². The normalized spacial score (nSPS) is 27.0. The van der Waals surface area contributed by atoms with Crippen molar-refractivity contribution < 1.29 is 4.74 Å². The monoisotopic (exact) mass is 172 g/mol. The molecule has 0 radical (unpaired) electrons. The molecule has 0 saturated carbocycles. The minimum absolute atomic E-state index is 0.293. The van der Waals surface area contributed by atoms with E-state index in [1.165, 1.54) is 12.8 Å². The molecule has 1 fully saturated rings. The van der Waals surface area contributed by atoms with Gasteiger partial charge in [-0.15, -0.1) is 0 Å². The van der Waals surface area contributed by atoms with E-state index in [2.05, 4.69) is 5.32 Å². The zero-order valence-electron chi connectivity index (χ0n) is 7.88. The zero-order valence-corrected chi connectivity index (χ0v) is 7.88. The maximum atomic E-state index is 5.90. The van der Waals surface area contributed by atoms with Gasteiger partial charge in [-0.1, -0.05) is 0 Å².